The molecule has 0 bridgehead atoms. The molecule has 1 fully saturated rings. The van der Waals surface area contributed by atoms with E-state index in [-0.39, 0.29) is 17.8 Å². The summed E-state index contributed by atoms with van der Waals surface area (Å²) in [5.41, 5.74) is 0.553. The summed E-state index contributed by atoms with van der Waals surface area (Å²) >= 11 is 0. The first-order valence-electron chi connectivity index (χ1n) is 6.49. The highest BCUT2D eigenvalue weighted by Gasteiger charge is 2.26. The van der Waals surface area contributed by atoms with Crippen molar-refractivity contribution in [2.24, 2.45) is 0 Å². The zero-order valence-corrected chi connectivity index (χ0v) is 11.1. The van der Waals surface area contributed by atoms with Crippen LogP contribution in [0.2, 0.25) is 0 Å². The first-order valence-corrected chi connectivity index (χ1v) is 6.49. The fourth-order valence-corrected chi connectivity index (χ4v) is 1.59. The summed E-state index contributed by atoms with van der Waals surface area (Å²) < 4.78 is 17.9. The molecule has 1 aromatic carbocycles. The van der Waals surface area contributed by atoms with E-state index in [1.54, 1.807) is 12.1 Å². The zero-order valence-electron chi connectivity index (χ0n) is 11.1. The highest BCUT2D eigenvalue weighted by atomic mass is 19.1. The van der Waals surface area contributed by atoms with Gasteiger partial charge in [-0.25, -0.2) is 9.18 Å². The lowest BCUT2D eigenvalue weighted by atomic mass is 10.2. The predicted molar refractivity (Wildman–Crippen MR) is 72.2 cm³/mol. The van der Waals surface area contributed by atoms with Gasteiger partial charge in [-0.1, -0.05) is 12.1 Å². The molecule has 1 aromatic rings. The quantitative estimate of drug-likeness (QED) is 0.662. The molecule has 2 rings (SSSR count). The third-order valence-corrected chi connectivity index (χ3v) is 2.85. The fraction of sp³-hybridized carbons (Fsp3) is 0.333. The van der Waals surface area contributed by atoms with Gasteiger partial charge >= 0.3 is 5.97 Å². The lowest BCUT2D eigenvalue weighted by molar-refractivity contribution is -0.150. The number of nitrogens with one attached hydrogen (secondary N) is 1. The van der Waals surface area contributed by atoms with Crippen LogP contribution < -0.4 is 5.32 Å². The Bertz CT molecular complexity index is 538. The van der Waals surface area contributed by atoms with Gasteiger partial charge in [-0.2, -0.15) is 0 Å². The molecular formula is C15H16FNO3. The summed E-state index contributed by atoms with van der Waals surface area (Å²) in [6, 6.07) is 6.06. The molecule has 0 aromatic heterocycles. The standard InChI is InChI=1S/C15H16FNO3/c1-10(15(19)17-13-6-7-13)20-14(18)8-5-11-3-2-4-12(16)9-11/h2-5,8-10,13H,6-7H2,1H3,(H,17,19)/b8-5+/t10-/m1/s1. The minimum atomic E-state index is -0.833. The summed E-state index contributed by atoms with van der Waals surface area (Å²) in [5, 5.41) is 2.75. The normalized spacial score (nSPS) is 15.9. The van der Waals surface area contributed by atoms with Crippen molar-refractivity contribution < 1.29 is 18.7 Å². The first kappa shape index (κ1) is 14.2. The number of amides is 1. The van der Waals surface area contributed by atoms with Crippen molar-refractivity contribution in [3.8, 4) is 0 Å². The molecule has 4 nitrogen and oxygen atoms in total. The summed E-state index contributed by atoms with van der Waals surface area (Å²) in [7, 11) is 0. The Labute approximate surface area is 116 Å². The van der Waals surface area contributed by atoms with Crippen molar-refractivity contribution in [2.45, 2.75) is 31.9 Å². The number of halogens is 1. The van der Waals surface area contributed by atoms with Gasteiger partial charge in [-0.05, 0) is 43.5 Å². The average Bonchev–Trinajstić information content (AvgIpc) is 3.20. The Hall–Kier alpha value is -2.17. The van der Waals surface area contributed by atoms with E-state index in [4.69, 9.17) is 4.74 Å². The van der Waals surface area contributed by atoms with Crippen molar-refractivity contribution >= 4 is 18.0 Å². The van der Waals surface area contributed by atoms with E-state index in [0.717, 1.165) is 12.8 Å². The third-order valence-electron chi connectivity index (χ3n) is 2.85. The van der Waals surface area contributed by atoms with Crippen LogP contribution in [-0.2, 0) is 14.3 Å². The maximum Gasteiger partial charge on any atom is 0.331 e. The van der Waals surface area contributed by atoms with Crippen LogP contribution in [0.1, 0.15) is 25.3 Å². The number of benzene rings is 1. The lowest BCUT2D eigenvalue weighted by Gasteiger charge is -2.11. The van der Waals surface area contributed by atoms with Crippen LogP contribution in [0.15, 0.2) is 30.3 Å². The van der Waals surface area contributed by atoms with E-state index in [1.807, 2.05) is 0 Å². The van der Waals surface area contributed by atoms with Crippen LogP contribution in [0.4, 0.5) is 4.39 Å². The Balaban J connectivity index is 1.83. The molecule has 1 aliphatic rings. The molecule has 0 heterocycles. The van der Waals surface area contributed by atoms with Crippen LogP contribution in [-0.4, -0.2) is 24.0 Å². The topological polar surface area (TPSA) is 55.4 Å². The fourth-order valence-electron chi connectivity index (χ4n) is 1.59. The summed E-state index contributed by atoms with van der Waals surface area (Å²) in [6.45, 7) is 1.52. The summed E-state index contributed by atoms with van der Waals surface area (Å²) in [5.74, 6) is -1.30. The van der Waals surface area contributed by atoms with Gasteiger partial charge in [-0.3, -0.25) is 4.79 Å². The van der Waals surface area contributed by atoms with E-state index in [1.165, 1.54) is 31.2 Å². The molecule has 5 heteroatoms. The molecule has 1 N–H and O–H groups in total. The van der Waals surface area contributed by atoms with Gasteiger partial charge in [0.05, 0.1) is 0 Å². The maximum absolute atomic E-state index is 12.9. The third kappa shape index (κ3) is 4.50. The van der Waals surface area contributed by atoms with Crippen LogP contribution in [0.3, 0.4) is 0 Å². The molecule has 1 saturated carbocycles. The van der Waals surface area contributed by atoms with E-state index < -0.39 is 12.1 Å². The number of ether oxygens (including phenoxy) is 1. The first-order chi connectivity index (χ1) is 9.54. The van der Waals surface area contributed by atoms with Gasteiger partial charge in [0, 0.05) is 12.1 Å². The van der Waals surface area contributed by atoms with Gasteiger partial charge in [-0.15, -0.1) is 0 Å². The Kier molecular flexibility index (Phi) is 4.50. The number of carbonyl (C=O) groups is 2. The molecule has 0 radical (unpaired) electrons. The minimum Gasteiger partial charge on any atom is -0.449 e. The second-order valence-corrected chi connectivity index (χ2v) is 4.75. The zero-order chi connectivity index (χ0) is 14.5. The summed E-state index contributed by atoms with van der Waals surface area (Å²) in [4.78, 5) is 23.1. The average molecular weight is 277 g/mol. The minimum absolute atomic E-state index is 0.228. The number of rotatable bonds is 5. The SMILES string of the molecule is C[C@@H](OC(=O)/C=C/c1cccc(F)c1)C(=O)NC1CC1. The van der Waals surface area contributed by atoms with Crippen LogP contribution in [0, 0.1) is 5.82 Å². The van der Waals surface area contributed by atoms with Crippen LogP contribution >= 0.6 is 0 Å². The van der Waals surface area contributed by atoms with E-state index in [9.17, 15) is 14.0 Å². The smallest absolute Gasteiger partial charge is 0.331 e. The molecular weight excluding hydrogens is 261 g/mol. The maximum atomic E-state index is 12.9. The highest BCUT2D eigenvalue weighted by molar-refractivity contribution is 5.90. The van der Waals surface area contributed by atoms with Crippen LogP contribution in [0.25, 0.3) is 6.08 Å². The second kappa shape index (κ2) is 6.32. The Morgan fingerprint density at radius 2 is 2.20 bits per heavy atom. The molecule has 0 aliphatic heterocycles. The van der Waals surface area contributed by atoms with E-state index >= 15 is 0 Å². The highest BCUT2D eigenvalue weighted by Crippen LogP contribution is 2.18. The number of carbonyl (C=O) groups excluding carboxylic acids is 2. The number of esters is 1. The van der Waals surface area contributed by atoms with Gasteiger partial charge in [0.1, 0.15) is 5.82 Å². The van der Waals surface area contributed by atoms with Crippen molar-refractivity contribution in [1.29, 1.82) is 0 Å². The molecule has 0 spiro atoms. The molecule has 1 amide bonds. The van der Waals surface area contributed by atoms with Crippen molar-refractivity contribution in [2.75, 3.05) is 0 Å². The number of hydrogen-bond donors (Lipinski definition) is 1. The van der Waals surface area contributed by atoms with E-state index in [2.05, 4.69) is 5.32 Å². The molecule has 0 unspecified atom stereocenters. The van der Waals surface area contributed by atoms with Gasteiger partial charge in [0.15, 0.2) is 6.10 Å². The monoisotopic (exact) mass is 277 g/mol. The molecule has 1 atom stereocenters. The molecule has 20 heavy (non-hydrogen) atoms. The lowest BCUT2D eigenvalue weighted by Crippen LogP contribution is -2.36. The molecule has 106 valence electrons. The molecule has 0 saturated heterocycles. The Morgan fingerprint density at radius 1 is 1.45 bits per heavy atom. The largest absolute Gasteiger partial charge is 0.449 e. The Morgan fingerprint density at radius 3 is 2.85 bits per heavy atom. The van der Waals surface area contributed by atoms with E-state index in [0.29, 0.717) is 5.56 Å². The summed E-state index contributed by atoms with van der Waals surface area (Å²) in [6.07, 6.45) is 3.74. The number of hydrogen-bond acceptors (Lipinski definition) is 3. The van der Waals surface area contributed by atoms with Gasteiger partial charge in [0.25, 0.3) is 5.91 Å². The van der Waals surface area contributed by atoms with Crippen molar-refractivity contribution in [3.05, 3.63) is 41.7 Å². The van der Waals surface area contributed by atoms with Gasteiger partial charge < -0.3 is 10.1 Å². The molecule has 1 aliphatic carbocycles. The predicted octanol–water partition coefficient (Wildman–Crippen LogP) is 2.05. The van der Waals surface area contributed by atoms with Crippen molar-refractivity contribution in [1.82, 2.24) is 5.32 Å². The van der Waals surface area contributed by atoms with Gasteiger partial charge in [0.2, 0.25) is 0 Å². The van der Waals surface area contributed by atoms with Crippen molar-refractivity contribution in [3.63, 3.8) is 0 Å². The second-order valence-electron chi connectivity index (χ2n) is 4.75. The van der Waals surface area contributed by atoms with Crippen LogP contribution in [0.5, 0.6) is 0 Å².